The van der Waals surface area contributed by atoms with Crippen molar-refractivity contribution in [2.45, 2.75) is 46.2 Å². The van der Waals surface area contributed by atoms with Crippen LogP contribution >= 0.6 is 0 Å². The van der Waals surface area contributed by atoms with E-state index < -0.39 is 5.67 Å². The van der Waals surface area contributed by atoms with Crippen LogP contribution in [0, 0.1) is 13.8 Å². The van der Waals surface area contributed by atoms with Crippen LogP contribution in [0.4, 0.5) is 4.39 Å². The average molecular weight is 236 g/mol. The van der Waals surface area contributed by atoms with Crippen LogP contribution in [0.25, 0.3) is 5.65 Å². The van der Waals surface area contributed by atoms with Crippen molar-refractivity contribution in [2.75, 3.05) is 0 Å². The van der Waals surface area contributed by atoms with Crippen LogP contribution in [0.2, 0.25) is 0 Å². The standard InChI is InChI=1S/C12H17FN4/c1-8-14-9(2)17-11(15-8)7-10(16-17)5-6-12(3,4)13/h7H,5-6H2,1-4H3. The smallest absolute Gasteiger partial charge is 0.159 e. The summed E-state index contributed by atoms with van der Waals surface area (Å²) in [4.78, 5) is 8.54. The average Bonchev–Trinajstić information content (AvgIpc) is 2.56. The van der Waals surface area contributed by atoms with Crippen molar-refractivity contribution < 1.29 is 4.39 Å². The zero-order valence-electron chi connectivity index (χ0n) is 10.7. The molecule has 0 radical (unpaired) electrons. The number of halogens is 1. The molecule has 92 valence electrons. The van der Waals surface area contributed by atoms with Gasteiger partial charge in [0.05, 0.1) is 5.69 Å². The van der Waals surface area contributed by atoms with Gasteiger partial charge in [-0.25, -0.2) is 18.9 Å². The summed E-state index contributed by atoms with van der Waals surface area (Å²) in [6, 6.07) is 1.90. The number of fused-ring (bicyclic) bond motifs is 1. The molecule has 17 heavy (non-hydrogen) atoms. The van der Waals surface area contributed by atoms with Gasteiger partial charge >= 0.3 is 0 Å². The molecule has 0 atom stereocenters. The van der Waals surface area contributed by atoms with Crippen LogP contribution in [-0.2, 0) is 6.42 Å². The van der Waals surface area contributed by atoms with E-state index in [0.29, 0.717) is 12.8 Å². The van der Waals surface area contributed by atoms with Gasteiger partial charge in [0.25, 0.3) is 0 Å². The second-order valence-electron chi connectivity index (χ2n) is 4.94. The highest BCUT2D eigenvalue weighted by atomic mass is 19.1. The highest BCUT2D eigenvalue weighted by Gasteiger charge is 2.16. The topological polar surface area (TPSA) is 43.1 Å². The number of hydrogen-bond acceptors (Lipinski definition) is 3. The van der Waals surface area contributed by atoms with Gasteiger partial charge in [0.1, 0.15) is 17.3 Å². The van der Waals surface area contributed by atoms with Crippen LogP contribution in [0.3, 0.4) is 0 Å². The fourth-order valence-electron chi connectivity index (χ4n) is 1.76. The van der Waals surface area contributed by atoms with Gasteiger partial charge in [0.2, 0.25) is 0 Å². The van der Waals surface area contributed by atoms with E-state index in [2.05, 4.69) is 15.1 Å². The molecule has 0 amide bonds. The Morgan fingerprint density at radius 3 is 2.65 bits per heavy atom. The van der Waals surface area contributed by atoms with Crippen LogP contribution in [0.5, 0.6) is 0 Å². The molecule has 0 spiro atoms. The van der Waals surface area contributed by atoms with E-state index in [0.717, 1.165) is 23.0 Å². The number of aromatic nitrogens is 4. The zero-order valence-corrected chi connectivity index (χ0v) is 10.7. The number of hydrogen-bond donors (Lipinski definition) is 0. The molecular formula is C12H17FN4. The first kappa shape index (κ1) is 12.0. The summed E-state index contributed by atoms with van der Waals surface area (Å²) < 4.78 is 15.1. The fraction of sp³-hybridized carbons (Fsp3) is 0.583. The Balaban J connectivity index is 2.29. The van der Waals surface area contributed by atoms with Crippen LogP contribution in [-0.4, -0.2) is 25.3 Å². The molecule has 2 aromatic rings. The first-order valence-corrected chi connectivity index (χ1v) is 5.74. The predicted molar refractivity (Wildman–Crippen MR) is 63.8 cm³/mol. The summed E-state index contributed by atoms with van der Waals surface area (Å²) in [7, 11) is 0. The molecule has 0 aliphatic rings. The maximum absolute atomic E-state index is 13.4. The Bertz CT molecular complexity index is 539. The van der Waals surface area contributed by atoms with Crippen molar-refractivity contribution in [3.8, 4) is 0 Å². The maximum atomic E-state index is 13.4. The van der Waals surface area contributed by atoms with Crippen molar-refractivity contribution >= 4 is 5.65 Å². The minimum absolute atomic E-state index is 0.461. The first-order valence-electron chi connectivity index (χ1n) is 5.74. The fourth-order valence-corrected chi connectivity index (χ4v) is 1.76. The van der Waals surface area contributed by atoms with Crippen LogP contribution in [0.15, 0.2) is 6.07 Å². The number of alkyl halides is 1. The van der Waals surface area contributed by atoms with E-state index in [1.165, 1.54) is 0 Å². The molecule has 2 heterocycles. The first-order chi connectivity index (χ1) is 7.85. The molecule has 0 saturated heterocycles. The Labute approximate surface area is 99.9 Å². The molecule has 0 unspecified atom stereocenters. The van der Waals surface area contributed by atoms with Crippen molar-refractivity contribution in [1.29, 1.82) is 0 Å². The Hall–Kier alpha value is -1.52. The molecule has 0 fully saturated rings. The number of aryl methyl sites for hydroxylation is 3. The molecule has 2 rings (SSSR count). The lowest BCUT2D eigenvalue weighted by Gasteiger charge is -2.11. The third-order valence-corrected chi connectivity index (χ3v) is 2.62. The molecule has 2 aromatic heterocycles. The highest BCUT2D eigenvalue weighted by Crippen LogP contribution is 2.17. The third-order valence-electron chi connectivity index (χ3n) is 2.62. The Kier molecular flexibility index (Phi) is 2.85. The van der Waals surface area contributed by atoms with Crippen molar-refractivity contribution in [3.63, 3.8) is 0 Å². The number of nitrogens with zero attached hydrogens (tertiary/aromatic N) is 4. The lowest BCUT2D eigenvalue weighted by atomic mass is 10.0. The van der Waals surface area contributed by atoms with Gasteiger partial charge in [-0.2, -0.15) is 5.10 Å². The lowest BCUT2D eigenvalue weighted by Crippen LogP contribution is -2.12. The largest absolute Gasteiger partial charge is 0.244 e. The molecule has 0 N–H and O–H groups in total. The van der Waals surface area contributed by atoms with E-state index >= 15 is 0 Å². The summed E-state index contributed by atoms with van der Waals surface area (Å²) in [6.07, 6.45) is 1.08. The van der Waals surface area contributed by atoms with Gasteiger partial charge in [-0.15, -0.1) is 0 Å². The third kappa shape index (κ3) is 2.78. The molecule has 4 nitrogen and oxygen atoms in total. The molecule has 0 saturated carbocycles. The van der Waals surface area contributed by atoms with E-state index in [1.807, 2.05) is 19.9 Å². The molecule has 0 aliphatic heterocycles. The molecule has 0 aromatic carbocycles. The van der Waals surface area contributed by atoms with E-state index in [-0.39, 0.29) is 0 Å². The molecular weight excluding hydrogens is 219 g/mol. The SMILES string of the molecule is Cc1nc(C)n2nc(CCC(C)(C)F)cc2n1. The predicted octanol–water partition coefficient (Wildman–Crippen LogP) is 2.42. The summed E-state index contributed by atoms with van der Waals surface area (Å²) in [6.45, 7) is 6.90. The van der Waals surface area contributed by atoms with E-state index in [9.17, 15) is 4.39 Å². The summed E-state index contributed by atoms with van der Waals surface area (Å²) >= 11 is 0. The van der Waals surface area contributed by atoms with Gasteiger partial charge in [-0.3, -0.25) is 0 Å². The van der Waals surface area contributed by atoms with Crippen LogP contribution < -0.4 is 0 Å². The summed E-state index contributed by atoms with van der Waals surface area (Å²) in [5, 5.41) is 4.38. The van der Waals surface area contributed by atoms with Gasteiger partial charge < -0.3 is 0 Å². The zero-order chi connectivity index (χ0) is 12.6. The van der Waals surface area contributed by atoms with Gasteiger partial charge in [-0.05, 0) is 40.5 Å². The number of rotatable bonds is 3. The molecule has 0 bridgehead atoms. The van der Waals surface area contributed by atoms with Gasteiger partial charge in [0, 0.05) is 6.07 Å². The minimum Gasteiger partial charge on any atom is -0.244 e. The summed E-state index contributed by atoms with van der Waals surface area (Å²) in [5.41, 5.74) is 0.479. The normalized spacial score (nSPS) is 12.3. The monoisotopic (exact) mass is 236 g/mol. The second-order valence-corrected chi connectivity index (χ2v) is 4.94. The minimum atomic E-state index is -1.16. The van der Waals surface area contributed by atoms with Crippen LogP contribution in [0.1, 0.15) is 37.6 Å². The van der Waals surface area contributed by atoms with Gasteiger partial charge in [0.15, 0.2) is 5.65 Å². The highest BCUT2D eigenvalue weighted by molar-refractivity contribution is 5.39. The van der Waals surface area contributed by atoms with E-state index in [1.54, 1.807) is 18.4 Å². The van der Waals surface area contributed by atoms with Crippen molar-refractivity contribution in [2.24, 2.45) is 0 Å². The van der Waals surface area contributed by atoms with Crippen molar-refractivity contribution in [1.82, 2.24) is 19.6 Å². The van der Waals surface area contributed by atoms with Gasteiger partial charge in [-0.1, -0.05) is 0 Å². The maximum Gasteiger partial charge on any atom is 0.159 e. The van der Waals surface area contributed by atoms with E-state index in [4.69, 9.17) is 0 Å². The quantitative estimate of drug-likeness (QED) is 0.822. The second kappa shape index (κ2) is 4.05. The Morgan fingerprint density at radius 2 is 2.00 bits per heavy atom. The van der Waals surface area contributed by atoms with Crippen molar-refractivity contribution in [3.05, 3.63) is 23.4 Å². The Morgan fingerprint density at radius 1 is 1.29 bits per heavy atom. The molecule has 5 heteroatoms. The lowest BCUT2D eigenvalue weighted by molar-refractivity contribution is 0.201. The molecule has 0 aliphatic carbocycles. The summed E-state index contributed by atoms with van der Waals surface area (Å²) in [5.74, 6) is 1.53.